The van der Waals surface area contributed by atoms with Crippen LogP contribution in [0.5, 0.6) is 0 Å². The summed E-state index contributed by atoms with van der Waals surface area (Å²) < 4.78 is 0. The van der Waals surface area contributed by atoms with E-state index >= 15 is 0 Å². The van der Waals surface area contributed by atoms with E-state index in [0.717, 1.165) is 18.0 Å². The number of nitrogens with one attached hydrogen (secondary N) is 2. The van der Waals surface area contributed by atoms with Crippen molar-refractivity contribution in [3.63, 3.8) is 0 Å². The first-order chi connectivity index (χ1) is 7.77. The largest absolute Gasteiger partial charge is 0.314 e. The molecule has 1 saturated heterocycles. The zero-order valence-corrected chi connectivity index (χ0v) is 10.6. The van der Waals surface area contributed by atoms with Crippen molar-refractivity contribution in [3.05, 3.63) is 0 Å². The molecule has 3 rings (SSSR count). The Balaban J connectivity index is 1.52. The average molecular weight is 222 g/mol. The van der Waals surface area contributed by atoms with E-state index in [1.54, 1.807) is 0 Å². The minimum atomic E-state index is 0.663. The molecule has 3 aliphatic rings. The van der Waals surface area contributed by atoms with Gasteiger partial charge in [0.25, 0.3) is 0 Å². The van der Waals surface area contributed by atoms with Crippen LogP contribution in [0.2, 0.25) is 0 Å². The molecule has 16 heavy (non-hydrogen) atoms. The fourth-order valence-corrected chi connectivity index (χ4v) is 3.57. The SMILES string of the molecule is CC1(CNC2CCCC2C2CCCN2)CC1. The molecule has 2 N–H and O–H groups in total. The maximum absolute atomic E-state index is 3.87. The van der Waals surface area contributed by atoms with Gasteiger partial charge in [0.15, 0.2) is 0 Å². The Labute approximate surface area is 99.6 Å². The molecule has 3 unspecified atom stereocenters. The smallest absolute Gasteiger partial charge is 0.0111 e. The van der Waals surface area contributed by atoms with Crippen molar-refractivity contribution in [2.45, 2.75) is 64.0 Å². The first-order valence-electron chi connectivity index (χ1n) is 7.24. The normalized spacial score (nSPS) is 41.4. The van der Waals surface area contributed by atoms with Gasteiger partial charge in [-0.25, -0.2) is 0 Å². The molecule has 0 aromatic heterocycles. The summed E-state index contributed by atoms with van der Waals surface area (Å²) in [6, 6.07) is 1.64. The van der Waals surface area contributed by atoms with Crippen LogP contribution in [-0.2, 0) is 0 Å². The highest BCUT2D eigenvalue weighted by atomic mass is 15.0. The monoisotopic (exact) mass is 222 g/mol. The third kappa shape index (κ3) is 2.28. The van der Waals surface area contributed by atoms with Gasteiger partial charge in [-0.05, 0) is 56.4 Å². The van der Waals surface area contributed by atoms with Crippen LogP contribution in [0.1, 0.15) is 51.9 Å². The van der Waals surface area contributed by atoms with Gasteiger partial charge in [0.05, 0.1) is 0 Å². The van der Waals surface area contributed by atoms with Gasteiger partial charge in [-0.3, -0.25) is 0 Å². The van der Waals surface area contributed by atoms with Gasteiger partial charge in [-0.15, -0.1) is 0 Å². The Hall–Kier alpha value is -0.0800. The van der Waals surface area contributed by atoms with Crippen LogP contribution in [0, 0.1) is 11.3 Å². The highest BCUT2D eigenvalue weighted by molar-refractivity contribution is 4.96. The fraction of sp³-hybridized carbons (Fsp3) is 1.00. The van der Waals surface area contributed by atoms with E-state index in [0.29, 0.717) is 5.41 Å². The van der Waals surface area contributed by atoms with E-state index in [4.69, 9.17) is 0 Å². The van der Waals surface area contributed by atoms with Gasteiger partial charge in [-0.2, -0.15) is 0 Å². The molecule has 2 aliphatic carbocycles. The fourth-order valence-electron chi connectivity index (χ4n) is 3.57. The van der Waals surface area contributed by atoms with E-state index in [1.165, 1.54) is 58.0 Å². The van der Waals surface area contributed by atoms with Crippen molar-refractivity contribution in [2.75, 3.05) is 13.1 Å². The second-order valence-corrected chi connectivity index (χ2v) is 6.60. The van der Waals surface area contributed by atoms with Gasteiger partial charge in [-0.1, -0.05) is 13.3 Å². The number of hydrogen-bond acceptors (Lipinski definition) is 2. The summed E-state index contributed by atoms with van der Waals surface area (Å²) in [6.45, 7) is 4.95. The molecule has 1 aliphatic heterocycles. The van der Waals surface area contributed by atoms with Gasteiger partial charge in [0, 0.05) is 18.6 Å². The summed E-state index contributed by atoms with van der Waals surface area (Å²) in [4.78, 5) is 0. The van der Waals surface area contributed by atoms with Crippen molar-refractivity contribution in [2.24, 2.45) is 11.3 Å². The summed E-state index contributed by atoms with van der Waals surface area (Å²) in [6.07, 6.45) is 10.0. The Kier molecular flexibility index (Phi) is 2.97. The van der Waals surface area contributed by atoms with Crippen LogP contribution in [0.25, 0.3) is 0 Å². The van der Waals surface area contributed by atoms with Crippen molar-refractivity contribution in [3.8, 4) is 0 Å². The maximum Gasteiger partial charge on any atom is 0.0111 e. The zero-order valence-electron chi connectivity index (χ0n) is 10.6. The van der Waals surface area contributed by atoms with Crippen molar-refractivity contribution in [1.82, 2.24) is 10.6 Å². The molecular formula is C14H26N2. The van der Waals surface area contributed by atoms with Gasteiger partial charge in [0.2, 0.25) is 0 Å². The standard InChI is InChI=1S/C14H26N2/c1-14(7-8-14)10-16-13-5-2-4-11(13)12-6-3-9-15-12/h11-13,15-16H,2-10H2,1H3. The van der Waals surface area contributed by atoms with Crippen molar-refractivity contribution in [1.29, 1.82) is 0 Å². The lowest BCUT2D eigenvalue weighted by molar-refractivity contribution is 0.306. The van der Waals surface area contributed by atoms with Crippen LogP contribution in [-0.4, -0.2) is 25.2 Å². The van der Waals surface area contributed by atoms with Crippen LogP contribution >= 0.6 is 0 Å². The number of rotatable bonds is 4. The minimum absolute atomic E-state index is 0.663. The van der Waals surface area contributed by atoms with E-state index in [1.807, 2.05) is 0 Å². The molecule has 1 heterocycles. The molecule has 0 amide bonds. The highest BCUT2D eigenvalue weighted by Gasteiger charge is 2.40. The second-order valence-electron chi connectivity index (χ2n) is 6.60. The van der Waals surface area contributed by atoms with Crippen LogP contribution in [0.15, 0.2) is 0 Å². The molecule has 2 nitrogen and oxygen atoms in total. The topological polar surface area (TPSA) is 24.1 Å². The summed E-state index contributed by atoms with van der Waals surface area (Å²) in [5.74, 6) is 0.921. The molecule has 0 aromatic rings. The molecule has 2 saturated carbocycles. The predicted molar refractivity (Wildman–Crippen MR) is 67.5 cm³/mol. The number of hydrogen-bond donors (Lipinski definition) is 2. The van der Waals surface area contributed by atoms with E-state index in [-0.39, 0.29) is 0 Å². The molecule has 0 aromatic carbocycles. The lowest BCUT2D eigenvalue weighted by atomic mass is 9.92. The third-order valence-electron chi connectivity index (χ3n) is 5.08. The first-order valence-corrected chi connectivity index (χ1v) is 7.24. The molecule has 0 spiro atoms. The summed E-state index contributed by atoms with van der Waals surface area (Å²) >= 11 is 0. The lowest BCUT2D eigenvalue weighted by Gasteiger charge is -2.27. The predicted octanol–water partition coefficient (Wildman–Crippen LogP) is 2.30. The Morgan fingerprint density at radius 3 is 2.75 bits per heavy atom. The van der Waals surface area contributed by atoms with E-state index in [2.05, 4.69) is 17.6 Å². The third-order valence-corrected chi connectivity index (χ3v) is 5.08. The molecule has 0 radical (unpaired) electrons. The molecule has 0 bridgehead atoms. The Morgan fingerprint density at radius 1 is 1.19 bits per heavy atom. The Morgan fingerprint density at radius 2 is 2.06 bits per heavy atom. The summed E-state index contributed by atoms with van der Waals surface area (Å²) in [7, 11) is 0. The van der Waals surface area contributed by atoms with E-state index < -0.39 is 0 Å². The Bertz CT molecular complexity index is 241. The quantitative estimate of drug-likeness (QED) is 0.762. The zero-order chi connectivity index (χ0) is 11.0. The highest BCUT2D eigenvalue weighted by Crippen LogP contribution is 2.44. The van der Waals surface area contributed by atoms with Gasteiger partial charge < -0.3 is 10.6 Å². The summed E-state index contributed by atoms with van der Waals surface area (Å²) in [5, 5.41) is 7.57. The molecule has 2 heteroatoms. The second kappa shape index (κ2) is 4.30. The van der Waals surface area contributed by atoms with Crippen LogP contribution in [0.3, 0.4) is 0 Å². The van der Waals surface area contributed by atoms with Gasteiger partial charge in [0.1, 0.15) is 0 Å². The first kappa shape index (κ1) is 11.0. The average Bonchev–Trinajstić information content (AvgIpc) is 2.80. The van der Waals surface area contributed by atoms with Crippen LogP contribution in [0.4, 0.5) is 0 Å². The maximum atomic E-state index is 3.87. The molecular weight excluding hydrogens is 196 g/mol. The van der Waals surface area contributed by atoms with Crippen molar-refractivity contribution < 1.29 is 0 Å². The van der Waals surface area contributed by atoms with E-state index in [9.17, 15) is 0 Å². The van der Waals surface area contributed by atoms with Crippen molar-refractivity contribution >= 4 is 0 Å². The van der Waals surface area contributed by atoms with Crippen LogP contribution < -0.4 is 10.6 Å². The minimum Gasteiger partial charge on any atom is -0.314 e. The summed E-state index contributed by atoms with van der Waals surface area (Å²) in [5.41, 5.74) is 0.663. The molecule has 3 atom stereocenters. The lowest BCUT2D eigenvalue weighted by Crippen LogP contribution is -2.43. The molecule has 3 fully saturated rings. The molecule has 92 valence electrons. The van der Waals surface area contributed by atoms with Gasteiger partial charge >= 0.3 is 0 Å².